The fourth-order valence-electron chi connectivity index (χ4n) is 2.43. The van der Waals surface area contributed by atoms with Crippen LogP contribution in [0.15, 0.2) is 45.9 Å². The summed E-state index contributed by atoms with van der Waals surface area (Å²) in [6.07, 6.45) is -1.10. The van der Waals surface area contributed by atoms with E-state index in [4.69, 9.17) is 14.3 Å². The Kier molecular flexibility index (Phi) is 5.49. The van der Waals surface area contributed by atoms with Crippen molar-refractivity contribution in [2.75, 3.05) is 7.05 Å². The third-order valence-corrected chi connectivity index (χ3v) is 5.58. The second-order valence-electron chi connectivity index (χ2n) is 5.98. The van der Waals surface area contributed by atoms with Crippen molar-refractivity contribution < 1.29 is 27.2 Å². The van der Waals surface area contributed by atoms with Crippen molar-refractivity contribution in [3.63, 3.8) is 0 Å². The first-order chi connectivity index (χ1) is 13.1. The number of carbonyl (C=O) groups excluding carboxylic acids is 2. The lowest BCUT2D eigenvalue weighted by Crippen LogP contribution is -2.37. The first kappa shape index (κ1) is 20.0. The lowest BCUT2D eigenvalue weighted by Gasteiger charge is -2.20. The van der Waals surface area contributed by atoms with Crippen LogP contribution in [0.1, 0.15) is 22.5 Å². The van der Waals surface area contributed by atoms with Crippen LogP contribution in [-0.4, -0.2) is 43.3 Å². The van der Waals surface area contributed by atoms with Crippen molar-refractivity contribution >= 4 is 43.5 Å². The highest BCUT2D eigenvalue weighted by Crippen LogP contribution is 2.22. The van der Waals surface area contributed by atoms with Crippen LogP contribution in [0, 0.1) is 0 Å². The van der Waals surface area contributed by atoms with Gasteiger partial charge in [0.15, 0.2) is 6.10 Å². The van der Waals surface area contributed by atoms with Crippen LogP contribution in [-0.2, 0) is 26.1 Å². The summed E-state index contributed by atoms with van der Waals surface area (Å²) >= 11 is 1.47. The van der Waals surface area contributed by atoms with Gasteiger partial charge < -0.3 is 14.1 Å². The summed E-state index contributed by atoms with van der Waals surface area (Å²) in [5.41, 5.74) is 0.853. The summed E-state index contributed by atoms with van der Waals surface area (Å²) in [6, 6.07) is 9.79. The van der Waals surface area contributed by atoms with Crippen molar-refractivity contribution in [1.82, 2.24) is 9.88 Å². The predicted molar refractivity (Wildman–Crippen MR) is 101 cm³/mol. The van der Waals surface area contributed by atoms with E-state index in [1.807, 2.05) is 24.3 Å². The fourth-order valence-corrected chi connectivity index (χ4v) is 3.92. The maximum atomic E-state index is 12.5. The zero-order chi connectivity index (χ0) is 20.5. The Hall–Kier alpha value is -2.76. The van der Waals surface area contributed by atoms with E-state index in [2.05, 4.69) is 4.98 Å². The number of hydrogen-bond donors (Lipinski definition) is 1. The number of para-hydroxylation sites is 1. The van der Waals surface area contributed by atoms with Gasteiger partial charge in [0.2, 0.25) is 10.9 Å². The molecule has 0 bridgehead atoms. The predicted octanol–water partition coefficient (Wildman–Crippen LogP) is 1.74. The van der Waals surface area contributed by atoms with E-state index in [9.17, 15) is 18.0 Å². The SMILES string of the molecule is CC(OC(=O)c1ccc(S(N)(=O)=O)o1)C(=O)N(C)Cc1nc2ccccc2s1. The van der Waals surface area contributed by atoms with Gasteiger partial charge in [0.05, 0.1) is 16.8 Å². The van der Waals surface area contributed by atoms with Crippen molar-refractivity contribution in [2.45, 2.75) is 24.7 Å². The van der Waals surface area contributed by atoms with E-state index in [0.717, 1.165) is 27.4 Å². The number of furan rings is 1. The minimum Gasteiger partial charge on any atom is -0.447 e. The van der Waals surface area contributed by atoms with Crippen molar-refractivity contribution in [1.29, 1.82) is 0 Å². The molecule has 11 heteroatoms. The first-order valence-electron chi connectivity index (χ1n) is 8.08. The zero-order valence-corrected chi connectivity index (χ0v) is 16.6. The molecule has 0 aliphatic heterocycles. The summed E-state index contributed by atoms with van der Waals surface area (Å²) in [6.45, 7) is 1.68. The quantitative estimate of drug-likeness (QED) is 0.597. The van der Waals surface area contributed by atoms with Crippen molar-refractivity contribution in [3.05, 3.63) is 47.2 Å². The smallest absolute Gasteiger partial charge is 0.375 e. The second-order valence-corrected chi connectivity index (χ2v) is 8.59. The summed E-state index contributed by atoms with van der Waals surface area (Å²) in [5, 5.41) is 5.11. The van der Waals surface area contributed by atoms with E-state index >= 15 is 0 Å². The van der Waals surface area contributed by atoms with Crippen LogP contribution in [0.25, 0.3) is 10.2 Å². The number of fused-ring (bicyclic) bond motifs is 1. The number of sulfonamides is 1. The number of carbonyl (C=O) groups is 2. The molecule has 1 unspecified atom stereocenters. The molecule has 9 nitrogen and oxygen atoms in total. The number of primary sulfonamides is 1. The molecule has 1 amide bonds. The van der Waals surface area contributed by atoms with Gasteiger partial charge in [-0.15, -0.1) is 11.3 Å². The topological polar surface area (TPSA) is 133 Å². The van der Waals surface area contributed by atoms with Gasteiger partial charge in [-0.3, -0.25) is 4.79 Å². The molecule has 0 fully saturated rings. The Labute approximate surface area is 164 Å². The average Bonchev–Trinajstić information content (AvgIpc) is 3.27. The van der Waals surface area contributed by atoms with Crippen molar-refractivity contribution in [3.8, 4) is 0 Å². The molecule has 1 aromatic carbocycles. The minimum absolute atomic E-state index is 0.260. The molecule has 2 N–H and O–H groups in total. The van der Waals surface area contributed by atoms with Gasteiger partial charge in [-0.1, -0.05) is 12.1 Å². The summed E-state index contributed by atoms with van der Waals surface area (Å²) in [5.74, 6) is -1.77. The molecule has 3 aromatic rings. The minimum atomic E-state index is -4.07. The maximum Gasteiger partial charge on any atom is 0.375 e. The molecule has 2 aromatic heterocycles. The average molecular weight is 423 g/mol. The van der Waals surface area contributed by atoms with Gasteiger partial charge in [-0.25, -0.2) is 23.3 Å². The van der Waals surface area contributed by atoms with Crippen LogP contribution in [0.4, 0.5) is 0 Å². The number of nitrogens with two attached hydrogens (primary N) is 1. The third kappa shape index (κ3) is 4.38. The number of esters is 1. The van der Waals surface area contributed by atoms with Crippen LogP contribution in [0.5, 0.6) is 0 Å². The Morgan fingerprint density at radius 1 is 1.29 bits per heavy atom. The summed E-state index contributed by atoms with van der Waals surface area (Å²) < 4.78 is 33.3. The lowest BCUT2D eigenvalue weighted by molar-refractivity contribution is -0.139. The Morgan fingerprint density at radius 2 is 2.00 bits per heavy atom. The zero-order valence-electron chi connectivity index (χ0n) is 15.0. The highest BCUT2D eigenvalue weighted by molar-refractivity contribution is 7.89. The van der Waals surface area contributed by atoms with Crippen LogP contribution in [0.2, 0.25) is 0 Å². The first-order valence-corrected chi connectivity index (χ1v) is 10.4. The third-order valence-electron chi connectivity index (χ3n) is 3.78. The highest BCUT2D eigenvalue weighted by atomic mass is 32.2. The van der Waals surface area contributed by atoms with Crippen molar-refractivity contribution in [2.24, 2.45) is 5.14 Å². The van der Waals surface area contributed by atoms with E-state index in [-0.39, 0.29) is 12.3 Å². The van der Waals surface area contributed by atoms with Gasteiger partial charge in [0, 0.05) is 7.05 Å². The number of amides is 1. The standard InChI is InChI=1S/C17H17N3O6S2/c1-10(25-17(22)12-7-8-15(26-12)28(18,23)24)16(21)20(2)9-14-19-11-5-3-4-6-13(11)27-14/h3-8,10H,9H2,1-2H3,(H2,18,23,24). The lowest BCUT2D eigenvalue weighted by atomic mass is 10.3. The van der Waals surface area contributed by atoms with E-state index in [1.54, 1.807) is 7.05 Å². The molecule has 3 rings (SSSR count). The number of likely N-dealkylation sites (N-methyl/N-ethyl adjacent to an activating group) is 1. The number of rotatable bonds is 6. The molecule has 0 aliphatic carbocycles. The molecule has 1 atom stereocenters. The largest absolute Gasteiger partial charge is 0.447 e. The normalized spacial score (nSPS) is 12.7. The van der Waals surface area contributed by atoms with Gasteiger partial charge in [0.1, 0.15) is 5.01 Å². The number of thiazole rings is 1. The molecule has 2 heterocycles. The number of aromatic nitrogens is 1. The van der Waals surface area contributed by atoms with Gasteiger partial charge >= 0.3 is 5.97 Å². The second kappa shape index (κ2) is 7.70. The number of nitrogens with zero attached hydrogens (tertiary/aromatic N) is 2. The molecular weight excluding hydrogens is 406 g/mol. The van der Waals surface area contributed by atoms with Crippen LogP contribution < -0.4 is 5.14 Å². The van der Waals surface area contributed by atoms with Gasteiger partial charge in [0.25, 0.3) is 15.9 Å². The molecular formula is C17H17N3O6S2. The Morgan fingerprint density at radius 3 is 2.64 bits per heavy atom. The fraction of sp³-hybridized carbons (Fsp3) is 0.235. The Bertz CT molecular complexity index is 1100. The molecule has 0 saturated carbocycles. The molecule has 0 spiro atoms. The van der Waals surface area contributed by atoms with Crippen LogP contribution >= 0.6 is 11.3 Å². The number of benzene rings is 1. The van der Waals surface area contributed by atoms with E-state index < -0.39 is 33.1 Å². The molecule has 28 heavy (non-hydrogen) atoms. The summed E-state index contributed by atoms with van der Waals surface area (Å²) in [4.78, 5) is 30.4. The molecule has 0 saturated heterocycles. The highest BCUT2D eigenvalue weighted by Gasteiger charge is 2.25. The molecule has 0 radical (unpaired) electrons. The molecule has 0 aliphatic rings. The number of ether oxygens (including phenoxy) is 1. The molecule has 148 valence electrons. The van der Waals surface area contributed by atoms with Crippen LogP contribution in [0.3, 0.4) is 0 Å². The number of hydrogen-bond acceptors (Lipinski definition) is 8. The Balaban J connectivity index is 1.62. The summed E-state index contributed by atoms with van der Waals surface area (Å²) in [7, 11) is -2.50. The maximum absolute atomic E-state index is 12.5. The monoisotopic (exact) mass is 423 g/mol. The van der Waals surface area contributed by atoms with Gasteiger partial charge in [-0.05, 0) is 31.2 Å². The van der Waals surface area contributed by atoms with E-state index in [0.29, 0.717) is 0 Å². The van der Waals surface area contributed by atoms with E-state index in [1.165, 1.54) is 23.2 Å². The van der Waals surface area contributed by atoms with Gasteiger partial charge in [-0.2, -0.15) is 0 Å².